The Kier molecular flexibility index (Phi) is 5.38. The molecule has 2 fully saturated rings. The van der Waals surface area contributed by atoms with Crippen LogP contribution in [-0.4, -0.2) is 55.7 Å². The van der Waals surface area contributed by atoms with Crippen LogP contribution in [0.2, 0.25) is 0 Å². The van der Waals surface area contributed by atoms with Crippen molar-refractivity contribution in [1.29, 1.82) is 0 Å². The van der Waals surface area contributed by atoms with Gasteiger partial charge in [0.15, 0.2) is 6.04 Å². The summed E-state index contributed by atoms with van der Waals surface area (Å²) in [5.41, 5.74) is 0.886. The summed E-state index contributed by atoms with van der Waals surface area (Å²) >= 11 is 0. The zero-order valence-corrected chi connectivity index (χ0v) is 15.4. The lowest BCUT2D eigenvalue weighted by Gasteiger charge is -2.34. The van der Waals surface area contributed by atoms with Crippen molar-refractivity contribution >= 4 is 23.5 Å². The van der Waals surface area contributed by atoms with Crippen molar-refractivity contribution in [3.63, 3.8) is 0 Å². The van der Waals surface area contributed by atoms with Gasteiger partial charge in [0.1, 0.15) is 25.3 Å². The number of hydrogen-bond acceptors (Lipinski definition) is 5. The van der Waals surface area contributed by atoms with Crippen LogP contribution >= 0.6 is 0 Å². The van der Waals surface area contributed by atoms with Crippen molar-refractivity contribution in [2.24, 2.45) is 0 Å². The predicted octanol–water partition coefficient (Wildman–Crippen LogP) is 0.187. The Hall–Kier alpha value is -2.25. The third kappa shape index (κ3) is 3.64. The molecule has 0 saturated carbocycles. The fourth-order valence-corrected chi connectivity index (χ4v) is 3.78. The van der Waals surface area contributed by atoms with E-state index in [1.807, 2.05) is 13.8 Å². The number of nitrogens with zero attached hydrogens (tertiary/aromatic N) is 1. The summed E-state index contributed by atoms with van der Waals surface area (Å²) in [6.07, 6.45) is 0.330. The van der Waals surface area contributed by atoms with Crippen LogP contribution in [0.25, 0.3) is 0 Å². The highest BCUT2D eigenvalue weighted by atomic mass is 16.5. The van der Waals surface area contributed by atoms with E-state index in [2.05, 4.69) is 0 Å². The van der Waals surface area contributed by atoms with E-state index < -0.39 is 5.97 Å². The highest BCUT2D eigenvalue weighted by molar-refractivity contribution is 6.21. The molecule has 2 aliphatic heterocycles. The lowest BCUT2D eigenvalue weighted by molar-refractivity contribution is -0.929. The number of amides is 2. The SMILES string of the molecule is CCOC(=O)c1ccc(N2C(=O)C[C@@H]([NH+]3C[C@H](C)O[C@@H](C)C3)C2=O)cc1. The highest BCUT2D eigenvalue weighted by Crippen LogP contribution is 2.23. The molecule has 1 N–H and O–H groups in total. The maximum absolute atomic E-state index is 12.9. The Morgan fingerprint density at radius 2 is 1.81 bits per heavy atom. The van der Waals surface area contributed by atoms with E-state index in [9.17, 15) is 14.4 Å². The van der Waals surface area contributed by atoms with Crippen molar-refractivity contribution in [3.8, 4) is 0 Å². The summed E-state index contributed by atoms with van der Waals surface area (Å²) in [4.78, 5) is 39.5. The van der Waals surface area contributed by atoms with Gasteiger partial charge >= 0.3 is 5.97 Å². The molecule has 1 aromatic carbocycles. The van der Waals surface area contributed by atoms with Gasteiger partial charge < -0.3 is 14.4 Å². The fraction of sp³-hybridized carbons (Fsp3) is 0.526. The van der Waals surface area contributed by atoms with Crippen LogP contribution in [0.1, 0.15) is 37.6 Å². The lowest BCUT2D eigenvalue weighted by Crippen LogP contribution is -3.19. The summed E-state index contributed by atoms with van der Waals surface area (Å²) in [6.45, 7) is 7.44. The Bertz CT molecular complexity index is 692. The van der Waals surface area contributed by atoms with Gasteiger partial charge in [-0.25, -0.2) is 9.69 Å². The second kappa shape index (κ2) is 7.55. The number of rotatable bonds is 4. The summed E-state index contributed by atoms with van der Waals surface area (Å²) in [7, 11) is 0. The molecule has 0 aliphatic carbocycles. The van der Waals surface area contributed by atoms with Gasteiger partial charge in [-0.3, -0.25) is 9.59 Å². The normalized spacial score (nSPS) is 29.1. The predicted molar refractivity (Wildman–Crippen MR) is 94.0 cm³/mol. The molecule has 26 heavy (non-hydrogen) atoms. The largest absolute Gasteiger partial charge is 0.462 e. The number of hydrogen-bond donors (Lipinski definition) is 1. The average Bonchev–Trinajstić information content (AvgIpc) is 2.89. The maximum atomic E-state index is 12.9. The maximum Gasteiger partial charge on any atom is 0.338 e. The number of esters is 1. The molecule has 7 nitrogen and oxygen atoms in total. The van der Waals surface area contributed by atoms with E-state index in [1.54, 1.807) is 31.2 Å². The van der Waals surface area contributed by atoms with Crippen molar-refractivity contribution < 1.29 is 28.8 Å². The van der Waals surface area contributed by atoms with E-state index in [0.717, 1.165) is 4.90 Å². The molecule has 0 spiro atoms. The molecular weight excluding hydrogens is 336 g/mol. The third-order valence-electron chi connectivity index (χ3n) is 4.84. The number of quaternary nitrogens is 1. The quantitative estimate of drug-likeness (QED) is 0.612. The smallest absolute Gasteiger partial charge is 0.338 e. The van der Waals surface area contributed by atoms with Crippen LogP contribution in [0, 0.1) is 0 Å². The topological polar surface area (TPSA) is 77.3 Å². The molecule has 0 aromatic heterocycles. The highest BCUT2D eigenvalue weighted by Gasteiger charge is 2.47. The molecule has 2 saturated heterocycles. The molecule has 0 bridgehead atoms. The minimum Gasteiger partial charge on any atom is -0.462 e. The first kappa shape index (κ1) is 18.5. The standard InChI is InChI=1S/C19H24N2O5/c1-4-25-19(24)14-5-7-15(8-6-14)21-17(22)9-16(18(21)23)20-10-12(2)26-13(3)11-20/h5-8,12-13,16H,4,9-11H2,1-3H3/p+1/t12-,13-,16+/m0/s1. The minimum atomic E-state index is -0.420. The third-order valence-corrected chi connectivity index (χ3v) is 4.84. The van der Waals surface area contributed by atoms with Gasteiger partial charge in [-0.05, 0) is 45.0 Å². The average molecular weight is 361 g/mol. The molecule has 0 radical (unpaired) electrons. The molecular formula is C19H25N2O5+. The Morgan fingerprint density at radius 3 is 2.38 bits per heavy atom. The first-order valence-corrected chi connectivity index (χ1v) is 9.04. The Labute approximate surface area is 152 Å². The van der Waals surface area contributed by atoms with Crippen LogP contribution in [0.3, 0.4) is 0 Å². The van der Waals surface area contributed by atoms with Gasteiger partial charge in [0.2, 0.25) is 5.91 Å². The fourth-order valence-electron chi connectivity index (χ4n) is 3.78. The van der Waals surface area contributed by atoms with Gasteiger partial charge in [0, 0.05) is 0 Å². The number of anilines is 1. The summed E-state index contributed by atoms with van der Waals surface area (Å²) in [6, 6.07) is 6.01. The van der Waals surface area contributed by atoms with Gasteiger partial charge in [-0.2, -0.15) is 0 Å². The molecule has 7 heteroatoms. The number of carbonyl (C=O) groups is 3. The molecule has 2 aliphatic rings. The van der Waals surface area contributed by atoms with Gasteiger partial charge in [-0.1, -0.05) is 0 Å². The van der Waals surface area contributed by atoms with Crippen LogP contribution in [0.4, 0.5) is 5.69 Å². The minimum absolute atomic E-state index is 0.0644. The van der Waals surface area contributed by atoms with Crippen LogP contribution in [0.15, 0.2) is 24.3 Å². The second-order valence-electron chi connectivity index (χ2n) is 6.92. The summed E-state index contributed by atoms with van der Waals surface area (Å²) in [5.74, 6) is -0.810. The Balaban J connectivity index is 1.76. The number of carbonyl (C=O) groups excluding carboxylic acids is 3. The zero-order chi connectivity index (χ0) is 18.8. The molecule has 3 rings (SSSR count). The molecule has 0 unspecified atom stereocenters. The van der Waals surface area contributed by atoms with E-state index in [-0.39, 0.29) is 36.5 Å². The molecule has 3 atom stereocenters. The van der Waals surface area contributed by atoms with Gasteiger partial charge in [0.25, 0.3) is 5.91 Å². The first-order chi connectivity index (χ1) is 12.4. The van der Waals surface area contributed by atoms with E-state index in [4.69, 9.17) is 9.47 Å². The number of nitrogens with one attached hydrogen (secondary N) is 1. The van der Waals surface area contributed by atoms with Crippen molar-refractivity contribution in [1.82, 2.24) is 0 Å². The van der Waals surface area contributed by atoms with E-state index >= 15 is 0 Å². The molecule has 2 amide bonds. The Morgan fingerprint density at radius 1 is 1.19 bits per heavy atom. The van der Waals surface area contributed by atoms with Crippen LogP contribution in [-0.2, 0) is 19.1 Å². The molecule has 1 aromatic rings. The number of morpholine rings is 1. The lowest BCUT2D eigenvalue weighted by atomic mass is 10.1. The van der Waals surface area contributed by atoms with Crippen molar-refractivity contribution in [2.75, 3.05) is 24.6 Å². The number of benzene rings is 1. The van der Waals surface area contributed by atoms with E-state index in [0.29, 0.717) is 30.9 Å². The zero-order valence-electron chi connectivity index (χ0n) is 15.4. The summed E-state index contributed by atoms with van der Waals surface area (Å²) in [5, 5.41) is 0. The van der Waals surface area contributed by atoms with Crippen LogP contribution in [0.5, 0.6) is 0 Å². The summed E-state index contributed by atoms with van der Waals surface area (Å²) < 4.78 is 10.7. The molecule has 140 valence electrons. The number of ether oxygens (including phenoxy) is 2. The monoisotopic (exact) mass is 361 g/mol. The molecule has 2 heterocycles. The van der Waals surface area contributed by atoms with Crippen molar-refractivity contribution in [3.05, 3.63) is 29.8 Å². The van der Waals surface area contributed by atoms with Crippen molar-refractivity contribution in [2.45, 2.75) is 45.4 Å². The van der Waals surface area contributed by atoms with Gasteiger partial charge in [0.05, 0.1) is 24.3 Å². The first-order valence-electron chi connectivity index (χ1n) is 9.04. The van der Waals surface area contributed by atoms with Gasteiger partial charge in [-0.15, -0.1) is 0 Å². The number of imide groups is 1. The second-order valence-corrected chi connectivity index (χ2v) is 6.92. The van der Waals surface area contributed by atoms with E-state index in [1.165, 1.54) is 4.90 Å². The van der Waals surface area contributed by atoms with Crippen LogP contribution < -0.4 is 9.80 Å².